The first-order chi connectivity index (χ1) is 7.41. The van der Waals surface area contributed by atoms with E-state index in [0.717, 1.165) is 0 Å². The minimum atomic E-state index is 1.17. The van der Waals surface area contributed by atoms with Crippen molar-refractivity contribution < 1.29 is 0 Å². The molecule has 0 saturated heterocycles. The number of unbranched alkanes of at least 4 members (excludes halogenated alkanes) is 3. The lowest BCUT2D eigenvalue weighted by molar-refractivity contribution is 0.868. The van der Waals surface area contributed by atoms with Gasteiger partial charge < -0.3 is 0 Å². The highest BCUT2D eigenvalue weighted by Gasteiger charge is 1.78. The van der Waals surface area contributed by atoms with Crippen LogP contribution in [0.25, 0.3) is 0 Å². The SMILES string of the molecule is CC=CC=CCCCC=CC=CCCC. The molecule has 0 aliphatic rings. The molecule has 0 amide bonds. The largest absolute Gasteiger partial charge is 0.0877 e. The fraction of sp³-hybridized carbons (Fsp3) is 0.467. The van der Waals surface area contributed by atoms with E-state index in [0.29, 0.717) is 0 Å². The van der Waals surface area contributed by atoms with Gasteiger partial charge in [0.05, 0.1) is 0 Å². The molecule has 0 unspecified atom stereocenters. The number of allylic oxidation sites excluding steroid dienone is 8. The lowest BCUT2D eigenvalue weighted by atomic mass is 10.2. The summed E-state index contributed by atoms with van der Waals surface area (Å²) in [4.78, 5) is 0. The zero-order valence-corrected chi connectivity index (χ0v) is 10.2. The zero-order valence-electron chi connectivity index (χ0n) is 10.2. The highest BCUT2D eigenvalue weighted by Crippen LogP contribution is 1.98. The van der Waals surface area contributed by atoms with Crippen molar-refractivity contribution in [3.8, 4) is 0 Å². The smallest absolute Gasteiger partial charge is 0.0345 e. The highest BCUT2D eigenvalue weighted by molar-refractivity contribution is 5.03. The van der Waals surface area contributed by atoms with Crippen LogP contribution in [0.4, 0.5) is 0 Å². The molecule has 15 heavy (non-hydrogen) atoms. The van der Waals surface area contributed by atoms with Crippen LogP contribution in [0.5, 0.6) is 0 Å². The number of hydrogen-bond acceptors (Lipinski definition) is 0. The summed E-state index contributed by atoms with van der Waals surface area (Å²) in [5.74, 6) is 0. The third-order valence-electron chi connectivity index (χ3n) is 2.02. The van der Waals surface area contributed by atoms with E-state index in [2.05, 4.69) is 55.5 Å². The molecule has 0 heterocycles. The lowest BCUT2D eigenvalue weighted by Crippen LogP contribution is -1.68. The molecule has 0 saturated carbocycles. The minimum absolute atomic E-state index is 1.17. The molecule has 84 valence electrons. The molecular formula is C15H24. The van der Waals surface area contributed by atoms with Gasteiger partial charge >= 0.3 is 0 Å². The Bertz CT molecular complexity index is 216. The Morgan fingerprint density at radius 2 is 1.27 bits per heavy atom. The van der Waals surface area contributed by atoms with Crippen molar-refractivity contribution in [2.75, 3.05) is 0 Å². The monoisotopic (exact) mass is 204 g/mol. The molecule has 0 fully saturated rings. The molecule has 0 atom stereocenters. The zero-order chi connectivity index (χ0) is 11.2. The first kappa shape index (κ1) is 14.0. The van der Waals surface area contributed by atoms with Crippen LogP contribution in [0.2, 0.25) is 0 Å². The van der Waals surface area contributed by atoms with Crippen LogP contribution in [0.3, 0.4) is 0 Å². The Balaban J connectivity index is 3.30. The van der Waals surface area contributed by atoms with E-state index >= 15 is 0 Å². The van der Waals surface area contributed by atoms with E-state index < -0.39 is 0 Å². The Morgan fingerprint density at radius 1 is 0.733 bits per heavy atom. The maximum atomic E-state index is 2.25. The van der Waals surface area contributed by atoms with Gasteiger partial charge in [-0.1, -0.05) is 62.0 Å². The minimum Gasteiger partial charge on any atom is -0.0877 e. The summed E-state index contributed by atoms with van der Waals surface area (Å²) >= 11 is 0. The molecule has 0 radical (unpaired) electrons. The topological polar surface area (TPSA) is 0 Å². The highest BCUT2D eigenvalue weighted by atomic mass is 13.8. The molecule has 0 aromatic carbocycles. The van der Waals surface area contributed by atoms with Crippen LogP contribution < -0.4 is 0 Å². The summed E-state index contributed by atoms with van der Waals surface area (Å²) in [6.07, 6.45) is 23.3. The van der Waals surface area contributed by atoms with Crippen molar-refractivity contribution >= 4 is 0 Å². The third kappa shape index (κ3) is 13.0. The average Bonchev–Trinajstić information content (AvgIpc) is 2.26. The quantitative estimate of drug-likeness (QED) is 0.376. The van der Waals surface area contributed by atoms with Crippen molar-refractivity contribution in [3.05, 3.63) is 48.6 Å². The van der Waals surface area contributed by atoms with E-state index in [9.17, 15) is 0 Å². The Hall–Kier alpha value is -1.04. The predicted molar refractivity (Wildman–Crippen MR) is 71.0 cm³/mol. The van der Waals surface area contributed by atoms with Crippen LogP contribution in [0.15, 0.2) is 48.6 Å². The average molecular weight is 204 g/mol. The Kier molecular flexibility index (Phi) is 12.1. The van der Waals surface area contributed by atoms with Gasteiger partial charge in [-0.2, -0.15) is 0 Å². The normalized spacial score (nSPS) is 12.9. The molecule has 0 bridgehead atoms. The van der Waals surface area contributed by atoms with Crippen molar-refractivity contribution in [1.82, 2.24) is 0 Å². The summed E-state index contributed by atoms with van der Waals surface area (Å²) in [5.41, 5.74) is 0. The second-order valence-electron chi connectivity index (χ2n) is 3.53. The summed E-state index contributed by atoms with van der Waals surface area (Å²) in [6.45, 7) is 4.24. The lowest BCUT2D eigenvalue weighted by Gasteiger charge is -1.88. The van der Waals surface area contributed by atoms with Crippen LogP contribution in [-0.4, -0.2) is 0 Å². The maximum Gasteiger partial charge on any atom is -0.0345 e. The Morgan fingerprint density at radius 3 is 1.80 bits per heavy atom. The first-order valence-corrected chi connectivity index (χ1v) is 6.01. The Labute approximate surface area is 95.1 Å². The summed E-state index contributed by atoms with van der Waals surface area (Å²) in [5, 5.41) is 0. The van der Waals surface area contributed by atoms with Gasteiger partial charge in [-0.05, 0) is 32.6 Å². The number of hydrogen-bond donors (Lipinski definition) is 0. The molecule has 0 heteroatoms. The van der Waals surface area contributed by atoms with E-state index in [1.54, 1.807) is 0 Å². The molecule has 0 nitrogen and oxygen atoms in total. The molecule has 0 spiro atoms. The molecule has 0 aromatic heterocycles. The van der Waals surface area contributed by atoms with Crippen LogP contribution in [0.1, 0.15) is 46.0 Å². The first-order valence-electron chi connectivity index (χ1n) is 6.01. The van der Waals surface area contributed by atoms with E-state index in [1.807, 2.05) is 6.92 Å². The molecular weight excluding hydrogens is 180 g/mol. The summed E-state index contributed by atoms with van der Waals surface area (Å²) in [6, 6.07) is 0. The molecule has 0 N–H and O–H groups in total. The molecule has 0 aromatic rings. The molecule has 0 aliphatic carbocycles. The van der Waals surface area contributed by atoms with E-state index in [1.165, 1.54) is 32.1 Å². The van der Waals surface area contributed by atoms with Gasteiger partial charge in [0.1, 0.15) is 0 Å². The number of rotatable bonds is 8. The molecule has 0 aliphatic heterocycles. The van der Waals surface area contributed by atoms with Gasteiger partial charge in [0, 0.05) is 0 Å². The van der Waals surface area contributed by atoms with Crippen LogP contribution >= 0.6 is 0 Å². The van der Waals surface area contributed by atoms with Gasteiger partial charge in [0.25, 0.3) is 0 Å². The van der Waals surface area contributed by atoms with Gasteiger partial charge in [0.15, 0.2) is 0 Å². The summed E-state index contributed by atoms with van der Waals surface area (Å²) < 4.78 is 0. The molecule has 0 rings (SSSR count). The standard InChI is InChI=1S/C15H24/c1-3-5-7-9-11-13-15-14-12-10-8-6-4-2/h3,5,7-10,12,14H,4,6,11,13,15H2,1-2H3. The maximum absolute atomic E-state index is 2.25. The van der Waals surface area contributed by atoms with E-state index in [4.69, 9.17) is 0 Å². The van der Waals surface area contributed by atoms with Crippen LogP contribution in [-0.2, 0) is 0 Å². The van der Waals surface area contributed by atoms with Gasteiger partial charge in [-0.3, -0.25) is 0 Å². The van der Waals surface area contributed by atoms with Crippen molar-refractivity contribution in [3.63, 3.8) is 0 Å². The van der Waals surface area contributed by atoms with Gasteiger partial charge in [-0.15, -0.1) is 0 Å². The third-order valence-corrected chi connectivity index (χ3v) is 2.02. The van der Waals surface area contributed by atoms with Crippen molar-refractivity contribution in [2.24, 2.45) is 0 Å². The summed E-state index contributed by atoms with van der Waals surface area (Å²) in [7, 11) is 0. The van der Waals surface area contributed by atoms with Gasteiger partial charge in [-0.25, -0.2) is 0 Å². The second-order valence-corrected chi connectivity index (χ2v) is 3.53. The second kappa shape index (κ2) is 13.0. The van der Waals surface area contributed by atoms with Crippen LogP contribution in [0, 0.1) is 0 Å². The fourth-order valence-corrected chi connectivity index (χ4v) is 1.16. The van der Waals surface area contributed by atoms with Crippen molar-refractivity contribution in [2.45, 2.75) is 46.0 Å². The fourth-order valence-electron chi connectivity index (χ4n) is 1.16. The predicted octanol–water partition coefficient (Wildman–Crippen LogP) is 5.20. The van der Waals surface area contributed by atoms with E-state index in [-0.39, 0.29) is 0 Å². The van der Waals surface area contributed by atoms with Crippen molar-refractivity contribution in [1.29, 1.82) is 0 Å². The van der Waals surface area contributed by atoms with Gasteiger partial charge in [0.2, 0.25) is 0 Å².